The molecule has 0 saturated heterocycles. The Morgan fingerprint density at radius 2 is 0.786 bits per heavy atom. The standard InChI is InChI=1S/C19H34O2.C16H22O4.C13H26O2/c1-3-4-5-6-7-8-9-10-11-12-13-14-15-16-17-18-19(20)21-2;1-3-5-11-19-15(17)13-9-7-8-10-14(13)16(18)20-12-6-4-2;1-3-4-5-6-7-8-9-10-11-12-13(14)15-2/h7-8,10-11H,3-6,9,12-18H2,1-2H3;7-10H,3-6,11-12H2,1-2H3;3-12H2,1-2H3/b8-7-,11-10-;;. The quantitative estimate of drug-likeness (QED) is 0.0308. The number of benzene rings is 1. The lowest BCUT2D eigenvalue weighted by Gasteiger charge is -2.09. The topological polar surface area (TPSA) is 105 Å². The maximum Gasteiger partial charge on any atom is 0.339 e. The molecule has 1 aromatic rings. The van der Waals surface area contributed by atoms with Gasteiger partial charge in [0.05, 0.1) is 38.6 Å². The Labute approximate surface area is 342 Å². The summed E-state index contributed by atoms with van der Waals surface area (Å²) in [6.07, 6.45) is 38.7. The van der Waals surface area contributed by atoms with Gasteiger partial charge in [-0.3, -0.25) is 9.59 Å². The molecule has 1 rings (SSSR count). The molecule has 0 aliphatic heterocycles. The highest BCUT2D eigenvalue weighted by Crippen LogP contribution is 2.14. The molecule has 0 radical (unpaired) electrons. The van der Waals surface area contributed by atoms with Crippen LogP contribution in [0.25, 0.3) is 0 Å². The van der Waals surface area contributed by atoms with Gasteiger partial charge in [0, 0.05) is 12.8 Å². The number of carbonyl (C=O) groups is 4. The van der Waals surface area contributed by atoms with Crippen LogP contribution in [0.15, 0.2) is 48.6 Å². The molecule has 0 bridgehead atoms. The van der Waals surface area contributed by atoms with Gasteiger partial charge in [-0.2, -0.15) is 0 Å². The van der Waals surface area contributed by atoms with Crippen molar-refractivity contribution in [3.8, 4) is 0 Å². The van der Waals surface area contributed by atoms with Crippen LogP contribution in [0.5, 0.6) is 0 Å². The van der Waals surface area contributed by atoms with E-state index in [9.17, 15) is 19.2 Å². The molecular formula is C48H82O8. The van der Waals surface area contributed by atoms with Gasteiger partial charge in [-0.05, 0) is 69.9 Å². The number of ether oxygens (including phenoxy) is 4. The van der Waals surface area contributed by atoms with Crippen LogP contribution < -0.4 is 0 Å². The first-order chi connectivity index (χ1) is 27.3. The molecule has 0 amide bonds. The fourth-order valence-corrected chi connectivity index (χ4v) is 5.48. The lowest BCUT2D eigenvalue weighted by molar-refractivity contribution is -0.141. The second-order valence-corrected chi connectivity index (χ2v) is 14.2. The number of unbranched alkanes of at least 4 members (excludes halogenated alkanes) is 18. The number of esters is 4. The minimum Gasteiger partial charge on any atom is -0.469 e. The first-order valence-electron chi connectivity index (χ1n) is 22.2. The summed E-state index contributed by atoms with van der Waals surface area (Å²) in [7, 11) is 2.91. The molecule has 0 N–H and O–H groups in total. The second-order valence-electron chi connectivity index (χ2n) is 14.2. The van der Waals surface area contributed by atoms with Crippen LogP contribution in [0.1, 0.15) is 215 Å². The van der Waals surface area contributed by atoms with Gasteiger partial charge in [-0.1, -0.05) is 160 Å². The van der Waals surface area contributed by atoms with Gasteiger partial charge in [-0.25, -0.2) is 9.59 Å². The van der Waals surface area contributed by atoms with E-state index in [2.05, 4.69) is 47.6 Å². The molecule has 56 heavy (non-hydrogen) atoms. The Kier molecular flexibility index (Phi) is 43.3. The predicted octanol–water partition coefficient (Wildman–Crippen LogP) is 13.7. The highest BCUT2D eigenvalue weighted by atomic mass is 16.5. The summed E-state index contributed by atoms with van der Waals surface area (Å²) < 4.78 is 19.5. The average molecular weight is 787 g/mol. The number of rotatable bonds is 32. The van der Waals surface area contributed by atoms with E-state index in [1.165, 1.54) is 117 Å². The van der Waals surface area contributed by atoms with Crippen molar-refractivity contribution in [2.24, 2.45) is 0 Å². The molecule has 1 aromatic carbocycles. The number of allylic oxidation sites excluding steroid dienone is 4. The maximum atomic E-state index is 11.9. The Bertz CT molecular complexity index is 1080. The number of carbonyl (C=O) groups excluding carboxylic acids is 4. The molecule has 8 heteroatoms. The molecule has 0 aliphatic rings. The normalized spacial score (nSPS) is 10.7. The molecule has 0 unspecified atom stereocenters. The zero-order chi connectivity index (χ0) is 41.7. The van der Waals surface area contributed by atoms with Gasteiger partial charge in [0.15, 0.2) is 0 Å². The van der Waals surface area contributed by atoms with E-state index in [1.807, 2.05) is 13.8 Å². The lowest BCUT2D eigenvalue weighted by Crippen LogP contribution is -2.14. The van der Waals surface area contributed by atoms with Crippen LogP contribution in [0.4, 0.5) is 0 Å². The van der Waals surface area contributed by atoms with Crippen LogP contribution in [-0.4, -0.2) is 51.3 Å². The Morgan fingerprint density at radius 3 is 1.18 bits per heavy atom. The largest absolute Gasteiger partial charge is 0.469 e. The molecule has 0 atom stereocenters. The number of hydrogen-bond acceptors (Lipinski definition) is 8. The van der Waals surface area contributed by atoms with E-state index in [0.29, 0.717) is 26.1 Å². The lowest BCUT2D eigenvalue weighted by atomic mass is 10.1. The van der Waals surface area contributed by atoms with Gasteiger partial charge in [0.25, 0.3) is 0 Å². The summed E-state index contributed by atoms with van der Waals surface area (Å²) in [5.74, 6) is -1.10. The SMILES string of the molecule is CCCCC/C=C\C/C=C\CCCCCCCC(=O)OC.CCCCCCCCCCCC(=O)OC.CCCCOC(=O)c1ccccc1C(=O)OCCCC. The van der Waals surface area contributed by atoms with Crippen LogP contribution in [-0.2, 0) is 28.5 Å². The third-order valence-electron chi connectivity index (χ3n) is 9.10. The van der Waals surface area contributed by atoms with Crippen molar-refractivity contribution in [1.82, 2.24) is 0 Å². The summed E-state index contributed by atoms with van der Waals surface area (Å²) in [6.45, 7) is 9.27. The zero-order valence-electron chi connectivity index (χ0n) is 36.7. The van der Waals surface area contributed by atoms with Crippen molar-refractivity contribution >= 4 is 23.9 Å². The van der Waals surface area contributed by atoms with E-state index < -0.39 is 11.9 Å². The van der Waals surface area contributed by atoms with Gasteiger partial charge < -0.3 is 18.9 Å². The zero-order valence-corrected chi connectivity index (χ0v) is 36.7. The molecule has 0 fully saturated rings. The summed E-state index contributed by atoms with van der Waals surface area (Å²) in [4.78, 5) is 45.6. The van der Waals surface area contributed by atoms with E-state index in [1.54, 1.807) is 24.3 Å². The van der Waals surface area contributed by atoms with E-state index in [0.717, 1.165) is 51.4 Å². The second kappa shape index (κ2) is 44.3. The van der Waals surface area contributed by atoms with Crippen molar-refractivity contribution in [3.05, 3.63) is 59.7 Å². The van der Waals surface area contributed by atoms with Crippen molar-refractivity contribution < 1.29 is 38.1 Å². The molecule has 0 heterocycles. The molecule has 0 saturated carbocycles. The van der Waals surface area contributed by atoms with Crippen molar-refractivity contribution in [3.63, 3.8) is 0 Å². The van der Waals surface area contributed by atoms with Crippen LogP contribution >= 0.6 is 0 Å². The molecular weight excluding hydrogens is 705 g/mol. The Hall–Kier alpha value is -3.42. The average Bonchev–Trinajstić information content (AvgIpc) is 3.22. The first kappa shape index (κ1) is 54.7. The van der Waals surface area contributed by atoms with Crippen molar-refractivity contribution in [1.29, 1.82) is 0 Å². The predicted molar refractivity (Wildman–Crippen MR) is 232 cm³/mol. The summed E-state index contributed by atoms with van der Waals surface area (Å²) >= 11 is 0. The summed E-state index contributed by atoms with van der Waals surface area (Å²) in [5.41, 5.74) is 0.537. The van der Waals surface area contributed by atoms with Gasteiger partial charge in [0.2, 0.25) is 0 Å². The van der Waals surface area contributed by atoms with Crippen LogP contribution in [0, 0.1) is 0 Å². The van der Waals surface area contributed by atoms with Crippen LogP contribution in [0.2, 0.25) is 0 Å². The highest BCUT2D eigenvalue weighted by Gasteiger charge is 2.18. The smallest absolute Gasteiger partial charge is 0.339 e. The van der Waals surface area contributed by atoms with E-state index in [4.69, 9.17) is 9.47 Å². The Balaban J connectivity index is 0. The third-order valence-corrected chi connectivity index (χ3v) is 9.10. The molecule has 0 spiro atoms. The maximum absolute atomic E-state index is 11.9. The first-order valence-corrected chi connectivity index (χ1v) is 22.2. The number of hydrogen-bond donors (Lipinski definition) is 0. The van der Waals surface area contributed by atoms with Crippen LogP contribution in [0.3, 0.4) is 0 Å². The summed E-state index contributed by atoms with van der Waals surface area (Å²) in [5, 5.41) is 0. The van der Waals surface area contributed by atoms with E-state index in [-0.39, 0.29) is 23.1 Å². The fraction of sp³-hybridized carbons (Fsp3) is 0.708. The van der Waals surface area contributed by atoms with E-state index >= 15 is 0 Å². The Morgan fingerprint density at radius 1 is 0.446 bits per heavy atom. The fourth-order valence-electron chi connectivity index (χ4n) is 5.48. The van der Waals surface area contributed by atoms with Gasteiger partial charge in [0.1, 0.15) is 0 Å². The molecule has 0 aliphatic carbocycles. The van der Waals surface area contributed by atoms with Gasteiger partial charge in [-0.15, -0.1) is 0 Å². The monoisotopic (exact) mass is 787 g/mol. The van der Waals surface area contributed by atoms with Crippen molar-refractivity contribution in [2.75, 3.05) is 27.4 Å². The molecule has 8 nitrogen and oxygen atoms in total. The molecule has 322 valence electrons. The summed E-state index contributed by atoms with van der Waals surface area (Å²) in [6, 6.07) is 6.59. The minimum absolute atomic E-state index is 0.0713. The molecule has 0 aromatic heterocycles. The third kappa shape index (κ3) is 37.5. The highest BCUT2D eigenvalue weighted by molar-refractivity contribution is 6.03. The minimum atomic E-state index is -0.471. The van der Waals surface area contributed by atoms with Gasteiger partial charge >= 0.3 is 23.9 Å². The number of methoxy groups -OCH3 is 2. The van der Waals surface area contributed by atoms with Crippen molar-refractivity contribution in [2.45, 2.75) is 195 Å².